The van der Waals surface area contributed by atoms with Crippen LogP contribution in [0.5, 0.6) is 0 Å². The van der Waals surface area contributed by atoms with Crippen LogP contribution in [0.4, 0.5) is 0 Å². The molecule has 0 aliphatic rings. The molecular formula is C9H19NO2. The van der Waals surface area contributed by atoms with E-state index in [2.05, 4.69) is 12.2 Å². The number of rotatable bonds is 6. The summed E-state index contributed by atoms with van der Waals surface area (Å²) in [5.74, 6) is 0.0112. The molecule has 0 aliphatic heterocycles. The number of carbonyl (C=O) groups is 1. The largest absolute Gasteiger partial charge is 0.450 e. The van der Waals surface area contributed by atoms with Crippen LogP contribution in [0.3, 0.4) is 0 Å². The van der Waals surface area contributed by atoms with E-state index < -0.39 is 0 Å². The van der Waals surface area contributed by atoms with E-state index in [0.717, 1.165) is 19.3 Å². The summed E-state index contributed by atoms with van der Waals surface area (Å²) in [7, 11) is 1.76. The van der Waals surface area contributed by atoms with Gasteiger partial charge in [0, 0.05) is 0 Å². The van der Waals surface area contributed by atoms with Gasteiger partial charge in [-0.25, -0.2) is 0 Å². The van der Waals surface area contributed by atoms with Gasteiger partial charge in [0.1, 0.15) is 6.73 Å². The Hall–Kier alpha value is -0.570. The van der Waals surface area contributed by atoms with Crippen molar-refractivity contribution in [3.63, 3.8) is 0 Å². The lowest BCUT2D eigenvalue weighted by Gasteiger charge is -2.12. The van der Waals surface area contributed by atoms with Crippen LogP contribution in [0.2, 0.25) is 0 Å². The van der Waals surface area contributed by atoms with Gasteiger partial charge in [0.25, 0.3) is 0 Å². The molecule has 0 spiro atoms. The maximum atomic E-state index is 11.3. The molecule has 0 amide bonds. The quantitative estimate of drug-likeness (QED) is 0.489. The van der Waals surface area contributed by atoms with Crippen molar-refractivity contribution in [2.24, 2.45) is 5.92 Å². The second-order valence-electron chi connectivity index (χ2n) is 2.86. The normalized spacial score (nSPS) is 12.6. The molecule has 72 valence electrons. The highest BCUT2D eigenvalue weighted by Crippen LogP contribution is 2.11. The number of carbonyl (C=O) groups excluding carboxylic acids is 1. The monoisotopic (exact) mass is 173 g/mol. The van der Waals surface area contributed by atoms with Crippen molar-refractivity contribution in [3.8, 4) is 0 Å². The lowest BCUT2D eigenvalue weighted by molar-refractivity contribution is -0.149. The summed E-state index contributed by atoms with van der Waals surface area (Å²) in [6.45, 7) is 4.41. The molecule has 3 heteroatoms. The zero-order chi connectivity index (χ0) is 9.40. The molecular weight excluding hydrogens is 154 g/mol. The minimum atomic E-state index is -0.0753. The maximum absolute atomic E-state index is 11.3. The molecule has 0 aromatic carbocycles. The highest BCUT2D eigenvalue weighted by Gasteiger charge is 2.15. The summed E-state index contributed by atoms with van der Waals surface area (Å²) in [5.41, 5.74) is 0. The van der Waals surface area contributed by atoms with Crippen LogP contribution in [-0.2, 0) is 9.53 Å². The highest BCUT2D eigenvalue weighted by molar-refractivity contribution is 5.72. The fourth-order valence-electron chi connectivity index (χ4n) is 1.10. The number of nitrogens with one attached hydrogen (secondary N) is 1. The van der Waals surface area contributed by atoms with Crippen LogP contribution in [0.25, 0.3) is 0 Å². The molecule has 0 saturated heterocycles. The summed E-state index contributed by atoms with van der Waals surface area (Å²) >= 11 is 0. The number of hydrogen-bond acceptors (Lipinski definition) is 3. The second-order valence-corrected chi connectivity index (χ2v) is 2.86. The number of hydrogen-bond donors (Lipinski definition) is 1. The first-order valence-electron chi connectivity index (χ1n) is 4.57. The molecule has 0 aliphatic carbocycles. The van der Waals surface area contributed by atoms with Crippen molar-refractivity contribution < 1.29 is 9.53 Å². The summed E-state index contributed by atoms with van der Waals surface area (Å²) in [6.07, 6.45) is 2.84. The predicted octanol–water partition coefficient (Wildman–Crippen LogP) is 1.53. The van der Waals surface area contributed by atoms with Gasteiger partial charge in [0.2, 0.25) is 0 Å². The van der Waals surface area contributed by atoms with E-state index in [4.69, 9.17) is 4.74 Å². The van der Waals surface area contributed by atoms with Crippen LogP contribution in [0.15, 0.2) is 0 Å². The van der Waals surface area contributed by atoms with E-state index in [1.807, 2.05) is 6.92 Å². The Morgan fingerprint density at radius 2 is 2.17 bits per heavy atom. The van der Waals surface area contributed by atoms with Gasteiger partial charge in [-0.2, -0.15) is 0 Å². The molecule has 3 nitrogen and oxygen atoms in total. The summed E-state index contributed by atoms with van der Waals surface area (Å²) in [6, 6.07) is 0. The average molecular weight is 173 g/mol. The van der Waals surface area contributed by atoms with Crippen molar-refractivity contribution >= 4 is 5.97 Å². The molecule has 0 bridgehead atoms. The van der Waals surface area contributed by atoms with Crippen molar-refractivity contribution in [1.29, 1.82) is 0 Å². The van der Waals surface area contributed by atoms with Crippen LogP contribution in [0.1, 0.15) is 33.1 Å². The Bertz CT molecular complexity index is 126. The van der Waals surface area contributed by atoms with Crippen LogP contribution >= 0.6 is 0 Å². The third-order valence-electron chi connectivity index (χ3n) is 1.82. The van der Waals surface area contributed by atoms with Gasteiger partial charge >= 0.3 is 5.97 Å². The molecule has 0 rings (SSSR count). The zero-order valence-electron chi connectivity index (χ0n) is 8.22. The average Bonchev–Trinajstić information content (AvgIpc) is 2.10. The molecule has 12 heavy (non-hydrogen) atoms. The van der Waals surface area contributed by atoms with Gasteiger partial charge in [-0.15, -0.1) is 0 Å². The Kier molecular flexibility index (Phi) is 6.76. The first-order valence-corrected chi connectivity index (χ1v) is 4.57. The molecule has 1 N–H and O–H groups in total. The zero-order valence-corrected chi connectivity index (χ0v) is 8.22. The van der Waals surface area contributed by atoms with Crippen molar-refractivity contribution in [2.45, 2.75) is 33.1 Å². The Balaban J connectivity index is 3.69. The molecule has 0 aromatic rings. The molecule has 0 fully saturated rings. The van der Waals surface area contributed by atoms with E-state index in [-0.39, 0.29) is 11.9 Å². The van der Waals surface area contributed by atoms with Gasteiger partial charge in [-0.1, -0.05) is 20.3 Å². The van der Waals surface area contributed by atoms with E-state index in [9.17, 15) is 4.79 Å². The topological polar surface area (TPSA) is 38.3 Å². The first-order chi connectivity index (χ1) is 5.76. The molecule has 1 unspecified atom stereocenters. The van der Waals surface area contributed by atoms with E-state index in [1.165, 1.54) is 0 Å². The van der Waals surface area contributed by atoms with E-state index >= 15 is 0 Å². The third-order valence-corrected chi connectivity index (χ3v) is 1.82. The van der Waals surface area contributed by atoms with E-state index in [0.29, 0.717) is 6.73 Å². The van der Waals surface area contributed by atoms with E-state index in [1.54, 1.807) is 7.05 Å². The Morgan fingerprint density at radius 1 is 1.50 bits per heavy atom. The molecule has 0 radical (unpaired) electrons. The van der Waals surface area contributed by atoms with Crippen LogP contribution in [-0.4, -0.2) is 19.7 Å². The predicted molar refractivity (Wildman–Crippen MR) is 48.7 cm³/mol. The SMILES string of the molecule is CCCC(CC)C(=O)OCNC. The Morgan fingerprint density at radius 3 is 2.58 bits per heavy atom. The van der Waals surface area contributed by atoms with Crippen LogP contribution in [0, 0.1) is 5.92 Å². The van der Waals surface area contributed by atoms with Gasteiger partial charge in [-0.3, -0.25) is 10.1 Å². The maximum Gasteiger partial charge on any atom is 0.310 e. The van der Waals surface area contributed by atoms with Crippen molar-refractivity contribution in [2.75, 3.05) is 13.8 Å². The van der Waals surface area contributed by atoms with Gasteiger partial charge in [-0.05, 0) is 19.9 Å². The number of ether oxygens (including phenoxy) is 1. The molecule has 0 aromatic heterocycles. The van der Waals surface area contributed by atoms with Crippen molar-refractivity contribution in [3.05, 3.63) is 0 Å². The second kappa shape index (κ2) is 7.10. The number of esters is 1. The Labute approximate surface area is 74.5 Å². The minimum Gasteiger partial charge on any atom is -0.450 e. The first kappa shape index (κ1) is 11.4. The lowest BCUT2D eigenvalue weighted by atomic mass is 10.0. The van der Waals surface area contributed by atoms with Gasteiger partial charge in [0.05, 0.1) is 5.92 Å². The minimum absolute atomic E-state index is 0.0753. The fraction of sp³-hybridized carbons (Fsp3) is 0.889. The van der Waals surface area contributed by atoms with Gasteiger partial charge < -0.3 is 4.74 Å². The summed E-state index contributed by atoms with van der Waals surface area (Å²) in [5, 5.41) is 2.78. The van der Waals surface area contributed by atoms with Crippen molar-refractivity contribution in [1.82, 2.24) is 5.32 Å². The molecule has 0 heterocycles. The van der Waals surface area contributed by atoms with Gasteiger partial charge in [0.15, 0.2) is 0 Å². The van der Waals surface area contributed by atoms with Crippen LogP contribution < -0.4 is 5.32 Å². The fourth-order valence-corrected chi connectivity index (χ4v) is 1.10. The summed E-state index contributed by atoms with van der Waals surface area (Å²) in [4.78, 5) is 11.3. The molecule has 0 saturated carbocycles. The lowest BCUT2D eigenvalue weighted by Crippen LogP contribution is -2.22. The molecule has 1 atom stereocenters. The standard InChI is InChI=1S/C9H19NO2/c1-4-6-8(5-2)9(11)12-7-10-3/h8,10H,4-7H2,1-3H3. The smallest absolute Gasteiger partial charge is 0.310 e. The highest BCUT2D eigenvalue weighted by atomic mass is 16.5. The third kappa shape index (κ3) is 4.34. The summed E-state index contributed by atoms with van der Waals surface area (Å²) < 4.78 is 4.95.